The van der Waals surface area contributed by atoms with E-state index in [1.807, 2.05) is 24.3 Å². The van der Waals surface area contributed by atoms with Gasteiger partial charge in [-0.25, -0.2) is 0 Å². The molecule has 0 radical (unpaired) electrons. The Kier molecular flexibility index (Phi) is 6.75. The molecule has 1 N–H and O–H groups in total. The van der Waals surface area contributed by atoms with Gasteiger partial charge in [-0.05, 0) is 62.3 Å². The topological polar surface area (TPSA) is 58.6 Å². The van der Waals surface area contributed by atoms with Crippen LogP contribution in [0.4, 0.5) is 5.69 Å². The normalized spacial score (nSPS) is 25.5. The van der Waals surface area contributed by atoms with Gasteiger partial charge in [0.15, 0.2) is 0 Å². The predicted octanol–water partition coefficient (Wildman–Crippen LogP) is 3.91. The van der Waals surface area contributed by atoms with Crippen LogP contribution in [-0.2, 0) is 9.59 Å². The van der Waals surface area contributed by atoms with Crippen LogP contribution in [0.3, 0.4) is 0 Å². The molecule has 2 fully saturated rings. The van der Waals surface area contributed by atoms with Crippen molar-refractivity contribution in [3.8, 4) is 5.75 Å². The highest BCUT2D eigenvalue weighted by Crippen LogP contribution is 2.29. The summed E-state index contributed by atoms with van der Waals surface area (Å²) >= 11 is 0. The van der Waals surface area contributed by atoms with Gasteiger partial charge in [0.2, 0.25) is 11.8 Å². The Labute approximate surface area is 162 Å². The fourth-order valence-corrected chi connectivity index (χ4v) is 4.11. The van der Waals surface area contributed by atoms with E-state index in [4.69, 9.17) is 4.74 Å². The first-order valence-corrected chi connectivity index (χ1v) is 10.4. The van der Waals surface area contributed by atoms with Gasteiger partial charge < -0.3 is 15.0 Å². The van der Waals surface area contributed by atoms with Crippen molar-refractivity contribution >= 4 is 17.5 Å². The van der Waals surface area contributed by atoms with Gasteiger partial charge in [-0.1, -0.05) is 20.3 Å². The molecule has 1 saturated carbocycles. The van der Waals surface area contributed by atoms with Crippen LogP contribution in [0.5, 0.6) is 5.75 Å². The second-order valence-electron chi connectivity index (χ2n) is 7.88. The number of amides is 2. The molecule has 1 saturated heterocycles. The van der Waals surface area contributed by atoms with Crippen molar-refractivity contribution in [3.05, 3.63) is 24.3 Å². The van der Waals surface area contributed by atoms with Gasteiger partial charge in [0.25, 0.3) is 0 Å². The van der Waals surface area contributed by atoms with Crippen molar-refractivity contribution in [2.45, 2.75) is 64.8 Å². The zero-order valence-corrected chi connectivity index (χ0v) is 16.6. The molecular weight excluding hydrogens is 340 g/mol. The summed E-state index contributed by atoms with van der Waals surface area (Å²) < 4.78 is 5.59. The third-order valence-corrected chi connectivity index (χ3v) is 5.89. The second-order valence-corrected chi connectivity index (χ2v) is 7.88. The molecule has 1 heterocycles. The number of anilines is 1. The molecule has 148 valence electrons. The summed E-state index contributed by atoms with van der Waals surface area (Å²) in [4.78, 5) is 26.8. The summed E-state index contributed by atoms with van der Waals surface area (Å²) in [6, 6.07) is 7.85. The number of carbonyl (C=O) groups is 2. The second kappa shape index (κ2) is 9.25. The fraction of sp³-hybridized carbons (Fsp3) is 0.636. The summed E-state index contributed by atoms with van der Waals surface area (Å²) in [6.07, 6.45) is 7.01. The van der Waals surface area contributed by atoms with E-state index in [0.29, 0.717) is 19.6 Å². The Hall–Kier alpha value is -2.04. The number of ether oxygens (including phenoxy) is 1. The van der Waals surface area contributed by atoms with E-state index >= 15 is 0 Å². The van der Waals surface area contributed by atoms with Crippen molar-refractivity contribution in [1.29, 1.82) is 0 Å². The van der Waals surface area contributed by atoms with Crippen molar-refractivity contribution in [2.24, 2.45) is 11.8 Å². The molecule has 1 aromatic rings. The maximum absolute atomic E-state index is 12.6. The van der Waals surface area contributed by atoms with Gasteiger partial charge in [0.05, 0.1) is 12.5 Å². The van der Waals surface area contributed by atoms with Crippen LogP contribution >= 0.6 is 0 Å². The number of rotatable bonds is 7. The lowest BCUT2D eigenvalue weighted by molar-refractivity contribution is -0.127. The number of benzene rings is 1. The van der Waals surface area contributed by atoms with Crippen molar-refractivity contribution in [3.63, 3.8) is 0 Å². The van der Waals surface area contributed by atoms with E-state index in [-0.39, 0.29) is 23.8 Å². The lowest BCUT2D eigenvalue weighted by Gasteiger charge is -2.29. The van der Waals surface area contributed by atoms with Gasteiger partial charge in [0.1, 0.15) is 5.75 Å². The Morgan fingerprint density at radius 2 is 1.85 bits per heavy atom. The average Bonchev–Trinajstić information content (AvgIpc) is 3.09. The summed E-state index contributed by atoms with van der Waals surface area (Å²) in [5.74, 6) is 1.42. The minimum atomic E-state index is -0.252. The van der Waals surface area contributed by atoms with Gasteiger partial charge in [-0.3, -0.25) is 9.59 Å². The zero-order chi connectivity index (χ0) is 19.2. The Bertz CT molecular complexity index is 635. The molecule has 0 aromatic heterocycles. The quantitative estimate of drug-likeness (QED) is 0.789. The molecule has 1 aliphatic carbocycles. The van der Waals surface area contributed by atoms with Crippen molar-refractivity contribution < 1.29 is 14.3 Å². The lowest BCUT2D eigenvalue weighted by atomic mass is 9.84. The number of hydrogen-bond acceptors (Lipinski definition) is 3. The van der Waals surface area contributed by atoms with Crippen LogP contribution in [0, 0.1) is 11.8 Å². The number of nitrogens with zero attached hydrogens (tertiary/aromatic N) is 1. The van der Waals surface area contributed by atoms with Gasteiger partial charge >= 0.3 is 0 Å². The monoisotopic (exact) mass is 372 g/mol. The zero-order valence-electron chi connectivity index (χ0n) is 16.6. The molecule has 0 spiro atoms. The molecule has 3 rings (SSSR count). The molecule has 0 bridgehead atoms. The fourth-order valence-electron chi connectivity index (χ4n) is 4.11. The molecule has 1 atom stereocenters. The van der Waals surface area contributed by atoms with E-state index in [1.54, 1.807) is 4.90 Å². The number of nitrogens with one attached hydrogen (secondary N) is 1. The minimum absolute atomic E-state index is 0.0204. The minimum Gasteiger partial charge on any atom is -0.494 e. The van der Waals surface area contributed by atoms with Crippen LogP contribution in [0.15, 0.2) is 24.3 Å². The third-order valence-electron chi connectivity index (χ3n) is 5.89. The van der Waals surface area contributed by atoms with E-state index < -0.39 is 0 Å². The largest absolute Gasteiger partial charge is 0.494 e. The Morgan fingerprint density at radius 3 is 2.48 bits per heavy atom. The molecule has 2 aliphatic rings. The summed E-state index contributed by atoms with van der Waals surface area (Å²) in [5.41, 5.74) is 0.836. The van der Waals surface area contributed by atoms with Crippen LogP contribution in [0.25, 0.3) is 0 Å². The van der Waals surface area contributed by atoms with E-state index in [0.717, 1.165) is 36.6 Å². The van der Waals surface area contributed by atoms with Gasteiger partial charge in [0, 0.05) is 24.7 Å². The van der Waals surface area contributed by atoms with E-state index in [2.05, 4.69) is 19.2 Å². The highest BCUT2D eigenvalue weighted by atomic mass is 16.5. The SMILES string of the molecule is CCCOc1ccc(N2C[C@@H](C(=O)NC3CCC(CC)CC3)CC2=O)cc1. The molecular formula is C22H32N2O3. The Morgan fingerprint density at radius 1 is 1.15 bits per heavy atom. The standard InChI is InChI=1S/C22H32N2O3/c1-3-13-27-20-11-9-19(10-12-20)24-15-17(14-21(24)25)22(26)23-18-7-5-16(4-2)6-8-18/h9-12,16-18H,3-8,13-15H2,1-2H3,(H,23,26)/t16?,17-,18?/m0/s1. The third kappa shape index (κ3) is 5.02. The first-order valence-electron chi connectivity index (χ1n) is 10.4. The summed E-state index contributed by atoms with van der Waals surface area (Å²) in [7, 11) is 0. The molecule has 5 heteroatoms. The molecule has 5 nitrogen and oxygen atoms in total. The van der Waals surface area contributed by atoms with Crippen LogP contribution in [0.2, 0.25) is 0 Å². The van der Waals surface area contributed by atoms with Crippen molar-refractivity contribution in [2.75, 3.05) is 18.1 Å². The molecule has 1 aliphatic heterocycles. The molecule has 0 unspecified atom stereocenters. The van der Waals surface area contributed by atoms with Crippen LogP contribution < -0.4 is 15.0 Å². The van der Waals surface area contributed by atoms with E-state index in [9.17, 15) is 9.59 Å². The highest BCUT2D eigenvalue weighted by molar-refractivity contribution is 6.00. The first kappa shape index (κ1) is 19.7. The van der Waals surface area contributed by atoms with Crippen LogP contribution in [-0.4, -0.2) is 31.0 Å². The summed E-state index contributed by atoms with van der Waals surface area (Å²) in [5, 5.41) is 3.19. The smallest absolute Gasteiger partial charge is 0.227 e. The van der Waals surface area contributed by atoms with Crippen molar-refractivity contribution in [1.82, 2.24) is 5.32 Å². The predicted molar refractivity (Wildman–Crippen MR) is 107 cm³/mol. The van der Waals surface area contributed by atoms with Gasteiger partial charge in [-0.15, -0.1) is 0 Å². The number of hydrogen-bond donors (Lipinski definition) is 1. The number of carbonyl (C=O) groups excluding carboxylic acids is 2. The lowest BCUT2D eigenvalue weighted by Crippen LogP contribution is -2.41. The van der Waals surface area contributed by atoms with Gasteiger partial charge in [-0.2, -0.15) is 0 Å². The maximum atomic E-state index is 12.6. The highest BCUT2D eigenvalue weighted by Gasteiger charge is 2.36. The van der Waals surface area contributed by atoms with Crippen LogP contribution in [0.1, 0.15) is 58.8 Å². The molecule has 27 heavy (non-hydrogen) atoms. The van der Waals surface area contributed by atoms with E-state index in [1.165, 1.54) is 19.3 Å². The first-order chi connectivity index (χ1) is 13.1. The maximum Gasteiger partial charge on any atom is 0.227 e. The Balaban J connectivity index is 1.53. The summed E-state index contributed by atoms with van der Waals surface area (Å²) in [6.45, 7) is 5.46. The molecule has 2 amide bonds. The average molecular weight is 373 g/mol. The molecule has 1 aromatic carbocycles.